The van der Waals surface area contributed by atoms with E-state index in [1.165, 1.54) is 0 Å². The predicted molar refractivity (Wildman–Crippen MR) is 50.8 cm³/mol. The minimum Gasteiger partial charge on any atom is -0.478 e. The van der Waals surface area contributed by atoms with Gasteiger partial charge in [-0.2, -0.15) is 0 Å². The third-order valence-corrected chi connectivity index (χ3v) is 2.00. The Hall–Kier alpha value is -1.77. The van der Waals surface area contributed by atoms with E-state index in [0.717, 1.165) is 5.56 Å². The van der Waals surface area contributed by atoms with E-state index < -0.39 is 0 Å². The maximum atomic E-state index is 11.3. The average molecular weight is 188 g/mol. The molecule has 1 aliphatic heterocycles. The predicted octanol–water partition coefficient (Wildman–Crippen LogP) is 1.32. The Balaban J connectivity index is 2.07. The lowest BCUT2D eigenvalue weighted by molar-refractivity contribution is -0.134. The van der Waals surface area contributed by atoms with E-state index in [0.29, 0.717) is 6.54 Å². The van der Waals surface area contributed by atoms with Crippen molar-refractivity contribution in [2.75, 3.05) is 6.61 Å². The third-order valence-electron chi connectivity index (χ3n) is 2.00. The van der Waals surface area contributed by atoms with Gasteiger partial charge in [0.05, 0.1) is 12.7 Å². The number of ether oxygens (including phenoxy) is 1. The molecule has 1 aliphatic rings. The molecule has 0 aromatic heterocycles. The maximum Gasteiger partial charge on any atom is 0.264 e. The summed E-state index contributed by atoms with van der Waals surface area (Å²) in [6.45, 7) is 0.666. The molecule has 0 aliphatic carbocycles. The molecule has 0 bridgehead atoms. The first-order valence-electron chi connectivity index (χ1n) is 4.40. The van der Waals surface area contributed by atoms with Crippen LogP contribution in [0, 0.1) is 6.26 Å². The fourth-order valence-electron chi connectivity index (χ4n) is 1.27. The van der Waals surface area contributed by atoms with Crippen LogP contribution in [0.3, 0.4) is 0 Å². The van der Waals surface area contributed by atoms with Crippen molar-refractivity contribution in [1.29, 1.82) is 0 Å². The Bertz CT molecular complexity index is 346. The second kappa shape index (κ2) is 3.96. The Morgan fingerprint density at radius 2 is 2.14 bits per heavy atom. The molecule has 0 spiro atoms. The van der Waals surface area contributed by atoms with E-state index in [2.05, 4.69) is 6.26 Å². The topological polar surface area (TPSA) is 29.5 Å². The van der Waals surface area contributed by atoms with E-state index in [-0.39, 0.29) is 12.5 Å². The minimum absolute atomic E-state index is 0.0346. The van der Waals surface area contributed by atoms with Crippen molar-refractivity contribution in [3.8, 4) is 0 Å². The molecule has 2 rings (SSSR count). The molecule has 0 N–H and O–H groups in total. The summed E-state index contributed by atoms with van der Waals surface area (Å²) in [5.41, 5.74) is 1.10. The normalized spacial score (nSPS) is 15.4. The zero-order valence-corrected chi connectivity index (χ0v) is 7.64. The molecule has 0 saturated carbocycles. The highest BCUT2D eigenvalue weighted by atomic mass is 16.5. The Morgan fingerprint density at radius 3 is 2.86 bits per heavy atom. The molecular formula is C11H10NO2. The van der Waals surface area contributed by atoms with Crippen LogP contribution in [0.15, 0.2) is 36.5 Å². The number of carbonyl (C=O) groups is 1. The minimum atomic E-state index is -0.0346. The summed E-state index contributed by atoms with van der Waals surface area (Å²) in [4.78, 5) is 12.9. The summed E-state index contributed by atoms with van der Waals surface area (Å²) in [6, 6.07) is 9.82. The molecular weight excluding hydrogens is 178 g/mol. The third kappa shape index (κ3) is 1.93. The van der Waals surface area contributed by atoms with Gasteiger partial charge >= 0.3 is 0 Å². The summed E-state index contributed by atoms with van der Waals surface area (Å²) in [5, 5.41) is 0. The highest BCUT2D eigenvalue weighted by molar-refractivity contribution is 5.78. The van der Waals surface area contributed by atoms with Crippen molar-refractivity contribution < 1.29 is 9.53 Å². The number of amides is 1. The number of rotatable bonds is 2. The number of carbonyl (C=O) groups excluding carboxylic acids is 1. The van der Waals surface area contributed by atoms with Crippen molar-refractivity contribution in [2.45, 2.75) is 6.54 Å². The lowest BCUT2D eigenvalue weighted by Gasteiger charge is -2.20. The molecule has 14 heavy (non-hydrogen) atoms. The van der Waals surface area contributed by atoms with Gasteiger partial charge in [0.25, 0.3) is 5.91 Å². The van der Waals surface area contributed by atoms with Gasteiger partial charge in [-0.3, -0.25) is 4.79 Å². The Kier molecular flexibility index (Phi) is 2.49. The van der Waals surface area contributed by atoms with Gasteiger partial charge in [0.2, 0.25) is 0 Å². The largest absolute Gasteiger partial charge is 0.478 e. The first-order valence-corrected chi connectivity index (χ1v) is 4.40. The molecule has 1 aromatic carbocycles. The molecule has 1 aromatic rings. The molecule has 1 heterocycles. The molecule has 1 amide bonds. The summed E-state index contributed by atoms with van der Waals surface area (Å²) < 4.78 is 4.75. The van der Waals surface area contributed by atoms with Crippen LogP contribution in [0.1, 0.15) is 5.56 Å². The van der Waals surface area contributed by atoms with Crippen molar-refractivity contribution in [1.82, 2.24) is 4.90 Å². The van der Waals surface area contributed by atoms with E-state index in [4.69, 9.17) is 4.74 Å². The van der Waals surface area contributed by atoms with Crippen LogP contribution >= 0.6 is 0 Å². The van der Waals surface area contributed by atoms with E-state index in [9.17, 15) is 4.79 Å². The van der Waals surface area contributed by atoms with Gasteiger partial charge < -0.3 is 9.64 Å². The zero-order chi connectivity index (χ0) is 9.80. The van der Waals surface area contributed by atoms with Crippen LogP contribution in [0.4, 0.5) is 0 Å². The van der Waals surface area contributed by atoms with Gasteiger partial charge in [0.1, 0.15) is 0 Å². The van der Waals surface area contributed by atoms with Crippen LogP contribution in [-0.4, -0.2) is 17.4 Å². The first kappa shape index (κ1) is 8.81. The smallest absolute Gasteiger partial charge is 0.264 e. The van der Waals surface area contributed by atoms with Crippen LogP contribution < -0.4 is 0 Å². The lowest BCUT2D eigenvalue weighted by Crippen LogP contribution is -2.31. The quantitative estimate of drug-likeness (QED) is 0.700. The number of nitrogens with zero attached hydrogens (tertiary/aromatic N) is 1. The summed E-state index contributed by atoms with van der Waals surface area (Å²) in [6.07, 6.45) is 4.11. The number of hydrogen-bond acceptors (Lipinski definition) is 2. The van der Waals surface area contributed by atoms with Gasteiger partial charge in [-0.15, -0.1) is 0 Å². The fraction of sp³-hybridized carbons (Fsp3) is 0.182. The van der Waals surface area contributed by atoms with Crippen molar-refractivity contribution in [2.24, 2.45) is 0 Å². The summed E-state index contributed by atoms with van der Waals surface area (Å²) in [5.74, 6) is -0.0346. The average Bonchev–Trinajstić information content (AvgIpc) is 2.23. The molecule has 0 saturated heterocycles. The number of benzene rings is 1. The SMILES string of the molecule is O=C1CO[C]=CN1Cc1ccccc1. The maximum absolute atomic E-state index is 11.3. The second-order valence-corrected chi connectivity index (χ2v) is 3.04. The van der Waals surface area contributed by atoms with Crippen LogP contribution in [0.5, 0.6) is 0 Å². The van der Waals surface area contributed by atoms with Crippen LogP contribution in [0.25, 0.3) is 0 Å². The standard InChI is InChI=1S/C11H10NO2/c13-11-9-14-7-6-12(11)8-10-4-2-1-3-5-10/h1-6H,8-9H2. The molecule has 3 heteroatoms. The number of hydrogen-bond donors (Lipinski definition) is 0. The van der Waals surface area contributed by atoms with Crippen LogP contribution in [-0.2, 0) is 16.1 Å². The van der Waals surface area contributed by atoms with Gasteiger partial charge in [-0.25, -0.2) is 0 Å². The van der Waals surface area contributed by atoms with Gasteiger partial charge in [-0.1, -0.05) is 30.3 Å². The van der Waals surface area contributed by atoms with E-state index in [1.807, 2.05) is 30.3 Å². The van der Waals surface area contributed by atoms with E-state index >= 15 is 0 Å². The van der Waals surface area contributed by atoms with Crippen molar-refractivity contribution >= 4 is 5.91 Å². The Labute approximate surface area is 82.6 Å². The van der Waals surface area contributed by atoms with E-state index in [1.54, 1.807) is 11.1 Å². The lowest BCUT2D eigenvalue weighted by atomic mass is 10.2. The summed E-state index contributed by atoms with van der Waals surface area (Å²) in [7, 11) is 0. The zero-order valence-electron chi connectivity index (χ0n) is 7.64. The monoisotopic (exact) mass is 188 g/mol. The van der Waals surface area contributed by atoms with Gasteiger partial charge in [-0.05, 0) is 5.56 Å². The summed E-state index contributed by atoms with van der Waals surface area (Å²) >= 11 is 0. The molecule has 3 nitrogen and oxygen atoms in total. The van der Waals surface area contributed by atoms with Crippen LogP contribution in [0.2, 0.25) is 0 Å². The van der Waals surface area contributed by atoms with Gasteiger partial charge in [0, 0.05) is 0 Å². The van der Waals surface area contributed by atoms with Gasteiger partial charge in [0.15, 0.2) is 12.9 Å². The molecule has 0 unspecified atom stereocenters. The Morgan fingerprint density at radius 1 is 1.36 bits per heavy atom. The van der Waals surface area contributed by atoms with Crippen molar-refractivity contribution in [3.05, 3.63) is 48.4 Å². The fourth-order valence-corrected chi connectivity index (χ4v) is 1.27. The highest BCUT2D eigenvalue weighted by Gasteiger charge is 2.14. The highest BCUT2D eigenvalue weighted by Crippen LogP contribution is 2.07. The van der Waals surface area contributed by atoms with Crippen molar-refractivity contribution in [3.63, 3.8) is 0 Å². The molecule has 0 fully saturated rings. The molecule has 1 radical (unpaired) electrons. The second-order valence-electron chi connectivity index (χ2n) is 3.04. The molecule has 0 atom stereocenters. The first-order chi connectivity index (χ1) is 6.86. The molecule has 71 valence electrons.